The van der Waals surface area contributed by atoms with E-state index in [4.69, 9.17) is 22.1 Å². The quantitative estimate of drug-likeness (QED) is 0.660. The van der Waals surface area contributed by atoms with Gasteiger partial charge in [0.05, 0.1) is 12.1 Å². The minimum absolute atomic E-state index is 0. The monoisotopic (exact) mass is 437 g/mol. The molecular formula is C17H22Cl3N3O2S. The largest absolute Gasteiger partial charge is 0.486 e. The molecule has 1 fully saturated rings. The van der Waals surface area contributed by atoms with Gasteiger partial charge in [0.2, 0.25) is 5.91 Å². The van der Waals surface area contributed by atoms with Crippen LogP contribution in [0, 0.1) is 5.92 Å². The minimum Gasteiger partial charge on any atom is -0.486 e. The van der Waals surface area contributed by atoms with E-state index in [1.54, 1.807) is 12.1 Å². The molecule has 1 unspecified atom stereocenters. The summed E-state index contributed by atoms with van der Waals surface area (Å²) in [5.74, 6) is 1.27. The standard InChI is InChI=1S/C17H20ClN3O2S.2ClH/c18-12-3-5-14(6-4-12)23-9-17-20-13(10-24-17)7-16(22)21-15(8-19)11-1-2-11;;/h3-6,10-11,15H,1-2,7-9,19H2,(H,21,22);2*1H. The van der Waals surface area contributed by atoms with Gasteiger partial charge in [0.15, 0.2) is 0 Å². The molecule has 144 valence electrons. The van der Waals surface area contributed by atoms with Crippen LogP contribution in [0.2, 0.25) is 5.02 Å². The summed E-state index contributed by atoms with van der Waals surface area (Å²) in [6.45, 7) is 0.870. The summed E-state index contributed by atoms with van der Waals surface area (Å²) >= 11 is 7.33. The average Bonchev–Trinajstić information content (AvgIpc) is 3.33. The molecule has 2 aromatic rings. The van der Waals surface area contributed by atoms with E-state index in [1.807, 2.05) is 17.5 Å². The molecule has 0 radical (unpaired) electrons. The second-order valence-corrected chi connectivity index (χ2v) is 7.28. The van der Waals surface area contributed by atoms with Gasteiger partial charge in [0.25, 0.3) is 0 Å². The van der Waals surface area contributed by atoms with Crippen LogP contribution in [0.5, 0.6) is 5.75 Å². The van der Waals surface area contributed by atoms with Crippen molar-refractivity contribution in [1.29, 1.82) is 0 Å². The van der Waals surface area contributed by atoms with Crippen molar-refractivity contribution in [2.45, 2.75) is 31.9 Å². The molecule has 0 saturated heterocycles. The lowest BCUT2D eigenvalue weighted by atomic mass is 10.2. The van der Waals surface area contributed by atoms with Gasteiger partial charge in [-0.25, -0.2) is 4.98 Å². The second kappa shape index (κ2) is 10.9. The van der Waals surface area contributed by atoms with Crippen molar-refractivity contribution in [2.24, 2.45) is 11.7 Å². The molecule has 9 heteroatoms. The van der Waals surface area contributed by atoms with Crippen molar-refractivity contribution in [3.05, 3.63) is 45.4 Å². The Morgan fingerprint density at radius 3 is 2.65 bits per heavy atom. The van der Waals surface area contributed by atoms with Crippen LogP contribution < -0.4 is 15.8 Å². The minimum atomic E-state index is -0.0205. The Morgan fingerprint density at radius 1 is 1.35 bits per heavy atom. The Bertz CT molecular complexity index is 693. The van der Waals surface area contributed by atoms with Crippen LogP contribution in [0.3, 0.4) is 0 Å². The Morgan fingerprint density at radius 2 is 2.04 bits per heavy atom. The SMILES string of the molecule is Cl.Cl.NCC(NC(=O)Cc1csc(COc2ccc(Cl)cc2)n1)C1CC1. The third-order valence-corrected chi connectivity index (χ3v) is 5.03. The van der Waals surface area contributed by atoms with Crippen molar-refractivity contribution >= 4 is 53.7 Å². The summed E-state index contributed by atoms with van der Waals surface area (Å²) in [4.78, 5) is 16.5. The number of carbonyl (C=O) groups excluding carboxylic acids is 1. The molecule has 1 amide bonds. The molecule has 0 bridgehead atoms. The number of ether oxygens (including phenoxy) is 1. The van der Waals surface area contributed by atoms with Gasteiger partial charge in [-0.15, -0.1) is 36.2 Å². The Hall–Kier alpha value is -1.05. The maximum Gasteiger partial charge on any atom is 0.226 e. The number of hydrogen-bond donors (Lipinski definition) is 2. The Kier molecular flexibility index (Phi) is 9.68. The number of nitrogens with two attached hydrogens (primary N) is 1. The fraction of sp³-hybridized carbons (Fsp3) is 0.412. The number of aromatic nitrogens is 1. The van der Waals surface area contributed by atoms with Gasteiger partial charge in [-0.1, -0.05) is 11.6 Å². The van der Waals surface area contributed by atoms with Gasteiger partial charge in [0.1, 0.15) is 17.4 Å². The first kappa shape index (κ1) is 23.0. The molecule has 1 aliphatic carbocycles. The highest BCUT2D eigenvalue weighted by Crippen LogP contribution is 2.32. The van der Waals surface area contributed by atoms with Crippen LogP contribution in [-0.2, 0) is 17.8 Å². The fourth-order valence-corrected chi connectivity index (χ4v) is 3.29. The topological polar surface area (TPSA) is 77.2 Å². The number of benzene rings is 1. The summed E-state index contributed by atoms with van der Waals surface area (Å²) in [5.41, 5.74) is 6.47. The Balaban J connectivity index is 0.00000169. The van der Waals surface area contributed by atoms with Gasteiger partial charge in [0, 0.05) is 23.0 Å². The highest BCUT2D eigenvalue weighted by molar-refractivity contribution is 7.09. The predicted molar refractivity (Wildman–Crippen MR) is 110 cm³/mol. The third kappa shape index (κ3) is 6.93. The van der Waals surface area contributed by atoms with E-state index in [0.717, 1.165) is 29.3 Å². The lowest BCUT2D eigenvalue weighted by Crippen LogP contribution is -2.42. The molecule has 0 spiro atoms. The number of rotatable bonds is 8. The fourth-order valence-electron chi connectivity index (χ4n) is 2.46. The van der Waals surface area contributed by atoms with E-state index >= 15 is 0 Å². The van der Waals surface area contributed by atoms with Crippen LogP contribution in [0.15, 0.2) is 29.6 Å². The van der Waals surface area contributed by atoms with E-state index in [-0.39, 0.29) is 43.2 Å². The van der Waals surface area contributed by atoms with Gasteiger partial charge in [-0.05, 0) is 43.0 Å². The molecule has 3 rings (SSSR count). The van der Waals surface area contributed by atoms with Gasteiger partial charge in [-0.3, -0.25) is 4.79 Å². The molecule has 1 heterocycles. The molecule has 1 aliphatic rings. The molecule has 0 aliphatic heterocycles. The van der Waals surface area contributed by atoms with Gasteiger partial charge in [-0.2, -0.15) is 0 Å². The normalized spacial score (nSPS) is 13.9. The number of hydrogen-bond acceptors (Lipinski definition) is 5. The highest BCUT2D eigenvalue weighted by atomic mass is 35.5. The summed E-state index contributed by atoms with van der Waals surface area (Å²) in [5, 5.41) is 6.42. The molecule has 5 nitrogen and oxygen atoms in total. The first-order valence-electron chi connectivity index (χ1n) is 7.95. The first-order valence-corrected chi connectivity index (χ1v) is 9.21. The number of carbonyl (C=O) groups is 1. The van der Waals surface area contributed by atoms with E-state index < -0.39 is 0 Å². The number of halogens is 3. The van der Waals surface area contributed by atoms with E-state index in [1.165, 1.54) is 11.3 Å². The number of amides is 1. The van der Waals surface area contributed by atoms with Gasteiger partial charge >= 0.3 is 0 Å². The Labute approximate surface area is 174 Å². The van der Waals surface area contributed by atoms with Crippen LogP contribution in [0.4, 0.5) is 0 Å². The lowest BCUT2D eigenvalue weighted by molar-refractivity contribution is -0.121. The highest BCUT2D eigenvalue weighted by Gasteiger charge is 2.31. The molecule has 1 aromatic carbocycles. The van der Waals surface area contributed by atoms with Crippen LogP contribution in [0.25, 0.3) is 0 Å². The van der Waals surface area contributed by atoms with E-state index in [9.17, 15) is 4.79 Å². The van der Waals surface area contributed by atoms with E-state index in [2.05, 4.69) is 10.3 Å². The summed E-state index contributed by atoms with van der Waals surface area (Å²) in [7, 11) is 0. The third-order valence-electron chi connectivity index (χ3n) is 3.91. The van der Waals surface area contributed by atoms with Crippen molar-refractivity contribution in [3.63, 3.8) is 0 Å². The van der Waals surface area contributed by atoms with Crippen LogP contribution in [-0.4, -0.2) is 23.5 Å². The zero-order valence-corrected chi connectivity index (χ0v) is 17.2. The zero-order valence-electron chi connectivity index (χ0n) is 14.0. The molecule has 1 saturated carbocycles. The molecule has 3 N–H and O–H groups in total. The second-order valence-electron chi connectivity index (χ2n) is 5.90. The van der Waals surface area contributed by atoms with Crippen molar-refractivity contribution < 1.29 is 9.53 Å². The van der Waals surface area contributed by atoms with Crippen LogP contribution >= 0.6 is 47.8 Å². The maximum atomic E-state index is 12.1. The summed E-state index contributed by atoms with van der Waals surface area (Å²) in [6, 6.07) is 7.29. The van der Waals surface area contributed by atoms with Gasteiger partial charge < -0.3 is 15.8 Å². The zero-order chi connectivity index (χ0) is 16.9. The summed E-state index contributed by atoms with van der Waals surface area (Å²) in [6.07, 6.45) is 2.59. The number of nitrogens with zero attached hydrogens (tertiary/aromatic N) is 1. The first-order chi connectivity index (χ1) is 11.6. The molecular weight excluding hydrogens is 417 g/mol. The molecule has 26 heavy (non-hydrogen) atoms. The molecule has 1 aromatic heterocycles. The summed E-state index contributed by atoms with van der Waals surface area (Å²) < 4.78 is 5.66. The van der Waals surface area contributed by atoms with Crippen molar-refractivity contribution in [2.75, 3.05) is 6.54 Å². The van der Waals surface area contributed by atoms with Crippen LogP contribution in [0.1, 0.15) is 23.5 Å². The van der Waals surface area contributed by atoms with Crippen molar-refractivity contribution in [3.8, 4) is 5.75 Å². The predicted octanol–water partition coefficient (Wildman–Crippen LogP) is 3.62. The average molecular weight is 439 g/mol. The number of thiazole rings is 1. The van der Waals surface area contributed by atoms with E-state index in [0.29, 0.717) is 24.1 Å². The van der Waals surface area contributed by atoms with Crippen molar-refractivity contribution in [1.82, 2.24) is 10.3 Å². The smallest absolute Gasteiger partial charge is 0.226 e. The number of nitrogens with one attached hydrogen (secondary N) is 1. The lowest BCUT2D eigenvalue weighted by Gasteiger charge is -2.15. The maximum absolute atomic E-state index is 12.1. The molecule has 1 atom stereocenters.